The number of benzene rings is 1. The number of hydrogen-bond donors (Lipinski definition) is 0. The molecule has 0 saturated heterocycles. The summed E-state index contributed by atoms with van der Waals surface area (Å²) in [6.07, 6.45) is 2.37. The van der Waals surface area contributed by atoms with Crippen molar-refractivity contribution >= 4 is 16.7 Å². The molecule has 0 bridgehead atoms. The highest BCUT2D eigenvalue weighted by Gasteiger charge is 2.45. The van der Waals surface area contributed by atoms with E-state index in [1.807, 2.05) is 30.3 Å². The third-order valence-corrected chi connectivity index (χ3v) is 3.35. The first kappa shape index (κ1) is 9.98. The van der Waals surface area contributed by atoms with E-state index in [2.05, 4.69) is 11.1 Å². The van der Waals surface area contributed by atoms with E-state index in [1.165, 1.54) is 0 Å². The molecule has 1 saturated carbocycles. The summed E-state index contributed by atoms with van der Waals surface area (Å²) in [4.78, 5) is 15.5. The first-order valence-electron chi connectivity index (χ1n) is 5.52. The summed E-state index contributed by atoms with van der Waals surface area (Å²) in [7, 11) is 0. The van der Waals surface area contributed by atoms with Gasteiger partial charge in [-0.2, -0.15) is 5.26 Å². The van der Waals surface area contributed by atoms with Crippen LogP contribution in [0.3, 0.4) is 0 Å². The zero-order valence-electron chi connectivity index (χ0n) is 9.18. The van der Waals surface area contributed by atoms with Crippen LogP contribution in [0.5, 0.6) is 0 Å². The van der Waals surface area contributed by atoms with Gasteiger partial charge in [-0.05, 0) is 17.7 Å². The number of pyridine rings is 1. The molecule has 0 atom stereocenters. The van der Waals surface area contributed by atoms with Gasteiger partial charge in [0, 0.05) is 24.4 Å². The molecule has 3 heteroatoms. The van der Waals surface area contributed by atoms with E-state index in [1.54, 1.807) is 6.20 Å². The molecular weight excluding hydrogens is 212 g/mol. The Bertz CT molecular complexity index is 647. The molecule has 3 nitrogen and oxygen atoms in total. The van der Waals surface area contributed by atoms with Gasteiger partial charge < -0.3 is 0 Å². The largest absolute Gasteiger partial charge is 0.300 e. The van der Waals surface area contributed by atoms with Crippen LogP contribution in [0.15, 0.2) is 36.5 Å². The predicted octanol–water partition coefficient (Wildman–Crippen LogP) is 2.36. The minimum absolute atomic E-state index is 0.153. The Morgan fingerprint density at radius 2 is 2.06 bits per heavy atom. The number of nitrogens with zero attached hydrogens (tertiary/aromatic N) is 2. The number of aromatic nitrogens is 1. The van der Waals surface area contributed by atoms with E-state index in [0.29, 0.717) is 12.8 Å². The van der Waals surface area contributed by atoms with Crippen molar-refractivity contribution < 1.29 is 4.79 Å². The maximum Gasteiger partial charge on any atom is 0.136 e. The van der Waals surface area contributed by atoms with E-state index in [9.17, 15) is 10.1 Å². The lowest BCUT2D eigenvalue weighted by Crippen LogP contribution is -2.40. The van der Waals surface area contributed by atoms with Crippen molar-refractivity contribution in [2.24, 2.45) is 0 Å². The summed E-state index contributed by atoms with van der Waals surface area (Å²) in [5, 5.41) is 10.3. The van der Waals surface area contributed by atoms with Crippen molar-refractivity contribution in [3.8, 4) is 6.07 Å². The van der Waals surface area contributed by atoms with Gasteiger partial charge in [-0.15, -0.1) is 0 Å². The van der Waals surface area contributed by atoms with Gasteiger partial charge in [-0.3, -0.25) is 9.78 Å². The van der Waals surface area contributed by atoms with Crippen LogP contribution in [0.1, 0.15) is 18.4 Å². The first-order chi connectivity index (χ1) is 8.23. The Morgan fingerprint density at radius 3 is 2.76 bits per heavy atom. The second-order valence-corrected chi connectivity index (χ2v) is 4.50. The van der Waals surface area contributed by atoms with E-state index >= 15 is 0 Å². The molecule has 0 radical (unpaired) electrons. The predicted molar refractivity (Wildman–Crippen MR) is 63.3 cm³/mol. The normalized spacial score (nSPS) is 17.5. The van der Waals surface area contributed by atoms with Crippen LogP contribution in [0.25, 0.3) is 10.9 Å². The molecule has 3 rings (SSSR count). The third-order valence-electron chi connectivity index (χ3n) is 3.35. The van der Waals surface area contributed by atoms with E-state index in [-0.39, 0.29) is 5.78 Å². The monoisotopic (exact) mass is 222 g/mol. The lowest BCUT2D eigenvalue weighted by molar-refractivity contribution is -0.126. The number of hydrogen-bond acceptors (Lipinski definition) is 3. The lowest BCUT2D eigenvalue weighted by Gasteiger charge is -2.33. The highest BCUT2D eigenvalue weighted by atomic mass is 16.1. The number of ketones is 1. The molecule has 0 aliphatic heterocycles. The van der Waals surface area contributed by atoms with Crippen LogP contribution < -0.4 is 0 Å². The van der Waals surface area contributed by atoms with E-state index in [4.69, 9.17) is 0 Å². The fraction of sp³-hybridized carbons (Fsp3) is 0.214. The summed E-state index contributed by atoms with van der Waals surface area (Å²) in [6.45, 7) is 0. The van der Waals surface area contributed by atoms with Crippen LogP contribution in [0.4, 0.5) is 0 Å². The number of carbonyl (C=O) groups is 1. The standard InChI is InChI=1S/C14H10N2O/c15-9-14(6-12(17)7-14)11-5-10-3-1-2-4-13(10)16-8-11/h1-5,8H,6-7H2. The van der Waals surface area contributed by atoms with Crippen LogP contribution in [0, 0.1) is 11.3 Å². The van der Waals surface area contributed by atoms with Gasteiger partial charge in [0.05, 0.1) is 17.0 Å². The van der Waals surface area contributed by atoms with Crippen LogP contribution in [-0.4, -0.2) is 10.8 Å². The number of rotatable bonds is 1. The number of carbonyl (C=O) groups excluding carboxylic acids is 1. The Kier molecular flexibility index (Phi) is 1.99. The number of Topliss-reactive ketones (excluding diaryl/α,β-unsaturated/α-hetero) is 1. The summed E-state index contributed by atoms with van der Waals surface area (Å²) >= 11 is 0. The van der Waals surface area contributed by atoms with E-state index in [0.717, 1.165) is 16.5 Å². The molecule has 0 N–H and O–H groups in total. The van der Waals surface area contributed by atoms with Gasteiger partial charge in [0.1, 0.15) is 5.78 Å². The summed E-state index contributed by atoms with van der Waals surface area (Å²) in [5.74, 6) is 0.153. The molecule has 0 unspecified atom stereocenters. The molecule has 1 heterocycles. The highest BCUT2D eigenvalue weighted by Crippen LogP contribution is 2.40. The van der Waals surface area contributed by atoms with Gasteiger partial charge >= 0.3 is 0 Å². The summed E-state index contributed by atoms with van der Waals surface area (Å²) in [6, 6.07) is 12.0. The number of fused-ring (bicyclic) bond motifs is 1. The van der Waals surface area contributed by atoms with Crippen molar-refractivity contribution in [2.75, 3.05) is 0 Å². The molecule has 1 aliphatic rings. The quantitative estimate of drug-likeness (QED) is 0.744. The Morgan fingerprint density at radius 1 is 1.29 bits per heavy atom. The van der Waals surface area contributed by atoms with Crippen LogP contribution >= 0.6 is 0 Å². The van der Waals surface area contributed by atoms with Crippen LogP contribution in [-0.2, 0) is 10.2 Å². The SMILES string of the molecule is N#CC1(c2cnc3ccccc3c2)CC(=O)C1. The van der Waals surface area contributed by atoms with Gasteiger partial charge in [-0.25, -0.2) is 0 Å². The van der Waals surface area contributed by atoms with Crippen molar-refractivity contribution in [3.05, 3.63) is 42.1 Å². The second kappa shape index (κ2) is 3.39. The fourth-order valence-corrected chi connectivity index (χ4v) is 2.30. The maximum absolute atomic E-state index is 11.1. The highest BCUT2D eigenvalue weighted by molar-refractivity contribution is 5.91. The molecule has 1 aromatic heterocycles. The molecule has 82 valence electrons. The molecule has 17 heavy (non-hydrogen) atoms. The topological polar surface area (TPSA) is 53.8 Å². The van der Waals surface area contributed by atoms with Gasteiger partial charge in [0.15, 0.2) is 0 Å². The Hall–Kier alpha value is -2.21. The fourth-order valence-electron chi connectivity index (χ4n) is 2.30. The zero-order valence-corrected chi connectivity index (χ0v) is 9.18. The van der Waals surface area contributed by atoms with Crippen molar-refractivity contribution in [2.45, 2.75) is 18.3 Å². The molecule has 0 spiro atoms. The first-order valence-corrected chi connectivity index (χ1v) is 5.52. The molecule has 2 aromatic rings. The van der Waals surface area contributed by atoms with Gasteiger partial charge in [0.25, 0.3) is 0 Å². The smallest absolute Gasteiger partial charge is 0.136 e. The third kappa shape index (κ3) is 1.42. The number of para-hydroxylation sites is 1. The Balaban J connectivity index is 2.13. The molecule has 1 fully saturated rings. The van der Waals surface area contributed by atoms with Gasteiger partial charge in [0.2, 0.25) is 0 Å². The van der Waals surface area contributed by atoms with Crippen molar-refractivity contribution in [1.29, 1.82) is 5.26 Å². The minimum atomic E-state index is -0.631. The molecule has 1 aromatic carbocycles. The molecule has 0 amide bonds. The lowest BCUT2D eigenvalue weighted by atomic mass is 9.65. The second-order valence-electron chi connectivity index (χ2n) is 4.50. The van der Waals surface area contributed by atoms with Crippen molar-refractivity contribution in [1.82, 2.24) is 4.98 Å². The van der Waals surface area contributed by atoms with Crippen LogP contribution in [0.2, 0.25) is 0 Å². The summed E-state index contributed by atoms with van der Waals surface area (Å²) in [5.41, 5.74) is 1.14. The molecule has 1 aliphatic carbocycles. The molecular formula is C14H10N2O. The van der Waals surface area contributed by atoms with E-state index < -0.39 is 5.41 Å². The van der Waals surface area contributed by atoms with Crippen molar-refractivity contribution in [3.63, 3.8) is 0 Å². The van der Waals surface area contributed by atoms with Gasteiger partial charge in [-0.1, -0.05) is 18.2 Å². The Labute approximate surface area is 98.7 Å². The zero-order chi connectivity index (χ0) is 11.9. The maximum atomic E-state index is 11.1. The average Bonchev–Trinajstić information content (AvgIpc) is 2.34. The minimum Gasteiger partial charge on any atom is -0.300 e. The number of nitriles is 1. The average molecular weight is 222 g/mol. The summed E-state index contributed by atoms with van der Waals surface area (Å²) < 4.78 is 0.